The molecule has 1 aromatic rings. The smallest absolute Gasteiger partial charge is 0.319 e. The normalized spacial score (nSPS) is 22.5. The molecule has 1 aliphatic carbocycles. The Kier molecular flexibility index (Phi) is 6.71. The summed E-state index contributed by atoms with van der Waals surface area (Å²) in [5.41, 5.74) is 2.24. The first kappa shape index (κ1) is 19.6. The summed E-state index contributed by atoms with van der Waals surface area (Å²) in [6, 6.07) is 5.35. The van der Waals surface area contributed by atoms with E-state index in [1.807, 2.05) is 26.0 Å². The maximum Gasteiger partial charge on any atom is 0.319 e. The minimum Gasteiger partial charge on any atom is -0.469 e. The quantitative estimate of drug-likeness (QED) is 0.587. The summed E-state index contributed by atoms with van der Waals surface area (Å²) in [5, 5.41) is 5.86. The highest BCUT2D eigenvalue weighted by Crippen LogP contribution is 2.43. The molecular weight excluding hydrogens is 340 g/mol. The van der Waals surface area contributed by atoms with E-state index < -0.39 is 5.41 Å². The number of carbonyl (C=O) groups is 2. The second-order valence-electron chi connectivity index (χ2n) is 6.86. The molecule has 0 unspecified atom stereocenters. The summed E-state index contributed by atoms with van der Waals surface area (Å²) >= 11 is 5.83. The lowest BCUT2D eigenvalue weighted by atomic mass is 9.78. The average Bonchev–Trinajstić information content (AvgIpc) is 2.94. The minimum absolute atomic E-state index is 0.242. The molecule has 25 heavy (non-hydrogen) atoms. The maximum absolute atomic E-state index is 12.5. The number of urea groups is 1. The van der Waals surface area contributed by atoms with Crippen molar-refractivity contribution in [1.82, 2.24) is 5.32 Å². The van der Waals surface area contributed by atoms with E-state index in [-0.39, 0.29) is 18.0 Å². The van der Waals surface area contributed by atoms with E-state index in [0.717, 1.165) is 29.7 Å². The molecule has 0 saturated heterocycles. The number of hydrogen-bond acceptors (Lipinski definition) is 3. The number of amides is 2. The van der Waals surface area contributed by atoms with Crippen LogP contribution in [0.3, 0.4) is 0 Å². The SMILES string of the molecule is COC(=O)[C@]1(CCCCl)CCC[C@H]1NC(=O)Nc1cc(C)cc(C)c1. The van der Waals surface area contributed by atoms with Gasteiger partial charge in [0.2, 0.25) is 0 Å². The Bertz CT molecular complexity index is 615. The molecule has 138 valence electrons. The number of carbonyl (C=O) groups excluding carboxylic acids is 2. The van der Waals surface area contributed by atoms with Gasteiger partial charge in [-0.15, -0.1) is 11.6 Å². The number of methoxy groups -OCH3 is 1. The van der Waals surface area contributed by atoms with Crippen LogP contribution in [0.15, 0.2) is 18.2 Å². The topological polar surface area (TPSA) is 67.4 Å². The minimum atomic E-state index is -0.677. The number of alkyl halides is 1. The van der Waals surface area contributed by atoms with Gasteiger partial charge in [-0.25, -0.2) is 4.79 Å². The molecule has 1 fully saturated rings. The summed E-state index contributed by atoms with van der Waals surface area (Å²) in [7, 11) is 1.40. The summed E-state index contributed by atoms with van der Waals surface area (Å²) in [6.07, 6.45) is 3.69. The third-order valence-electron chi connectivity index (χ3n) is 4.92. The van der Waals surface area contributed by atoms with Gasteiger partial charge in [-0.3, -0.25) is 4.79 Å². The molecule has 2 amide bonds. The molecule has 0 spiro atoms. The molecule has 0 aromatic heterocycles. The lowest BCUT2D eigenvalue weighted by Gasteiger charge is -2.33. The van der Waals surface area contributed by atoms with E-state index in [9.17, 15) is 9.59 Å². The first-order chi connectivity index (χ1) is 11.9. The van der Waals surface area contributed by atoms with Gasteiger partial charge in [0.05, 0.1) is 12.5 Å². The zero-order valence-corrected chi connectivity index (χ0v) is 15.9. The number of benzene rings is 1. The van der Waals surface area contributed by atoms with Crippen LogP contribution in [0.1, 0.15) is 43.2 Å². The van der Waals surface area contributed by atoms with Gasteiger partial charge in [0.15, 0.2) is 0 Å². The van der Waals surface area contributed by atoms with Crippen LogP contribution >= 0.6 is 11.6 Å². The molecule has 1 aliphatic rings. The molecule has 2 atom stereocenters. The predicted octanol–water partition coefficient (Wildman–Crippen LogP) is 4.16. The highest BCUT2D eigenvalue weighted by Gasteiger charge is 2.50. The summed E-state index contributed by atoms with van der Waals surface area (Å²) < 4.78 is 5.04. The summed E-state index contributed by atoms with van der Waals surface area (Å²) in [5.74, 6) is 0.229. The van der Waals surface area contributed by atoms with Crippen molar-refractivity contribution in [2.45, 2.75) is 52.0 Å². The van der Waals surface area contributed by atoms with E-state index in [4.69, 9.17) is 16.3 Å². The Morgan fingerprint density at radius 2 is 1.96 bits per heavy atom. The second kappa shape index (κ2) is 8.56. The number of ether oxygens (including phenoxy) is 1. The second-order valence-corrected chi connectivity index (χ2v) is 7.24. The largest absolute Gasteiger partial charge is 0.469 e. The Balaban J connectivity index is 2.10. The molecule has 0 aliphatic heterocycles. The monoisotopic (exact) mass is 366 g/mol. The van der Waals surface area contributed by atoms with Crippen molar-refractivity contribution in [2.75, 3.05) is 18.3 Å². The number of anilines is 1. The third kappa shape index (κ3) is 4.66. The number of esters is 1. The highest BCUT2D eigenvalue weighted by molar-refractivity contribution is 6.17. The molecule has 0 radical (unpaired) electrons. The van der Waals surface area contributed by atoms with Crippen LogP contribution in [-0.4, -0.2) is 31.0 Å². The van der Waals surface area contributed by atoms with Crippen molar-refractivity contribution in [3.8, 4) is 0 Å². The molecule has 2 rings (SSSR count). The fraction of sp³-hybridized carbons (Fsp3) is 0.579. The van der Waals surface area contributed by atoms with Crippen LogP contribution in [0.2, 0.25) is 0 Å². The van der Waals surface area contributed by atoms with Gasteiger partial charge < -0.3 is 15.4 Å². The Hall–Kier alpha value is -1.75. The Labute approximate surface area is 154 Å². The lowest BCUT2D eigenvalue weighted by Crippen LogP contribution is -2.50. The zero-order valence-electron chi connectivity index (χ0n) is 15.2. The highest BCUT2D eigenvalue weighted by atomic mass is 35.5. The van der Waals surface area contributed by atoms with Crippen LogP contribution in [0.4, 0.5) is 10.5 Å². The van der Waals surface area contributed by atoms with E-state index in [2.05, 4.69) is 16.7 Å². The van der Waals surface area contributed by atoms with Crippen LogP contribution in [0.25, 0.3) is 0 Å². The van der Waals surface area contributed by atoms with E-state index in [0.29, 0.717) is 25.1 Å². The van der Waals surface area contributed by atoms with Crippen LogP contribution in [0, 0.1) is 19.3 Å². The van der Waals surface area contributed by atoms with Gasteiger partial charge >= 0.3 is 12.0 Å². The molecule has 0 heterocycles. The number of rotatable bonds is 6. The van der Waals surface area contributed by atoms with Crippen molar-refractivity contribution < 1.29 is 14.3 Å². The number of halogens is 1. The Morgan fingerprint density at radius 3 is 2.56 bits per heavy atom. The molecular formula is C19H27ClN2O3. The fourth-order valence-corrected chi connectivity index (χ4v) is 4.02. The zero-order chi connectivity index (χ0) is 18.4. The van der Waals surface area contributed by atoms with Crippen LogP contribution < -0.4 is 10.6 Å². The Morgan fingerprint density at radius 1 is 1.28 bits per heavy atom. The first-order valence-electron chi connectivity index (χ1n) is 8.71. The summed E-state index contributed by atoms with van der Waals surface area (Å²) in [4.78, 5) is 24.9. The van der Waals surface area contributed by atoms with Crippen molar-refractivity contribution in [3.05, 3.63) is 29.3 Å². The molecule has 1 aromatic carbocycles. The van der Waals surface area contributed by atoms with E-state index >= 15 is 0 Å². The van der Waals surface area contributed by atoms with Gasteiger partial charge in [-0.05, 0) is 62.8 Å². The van der Waals surface area contributed by atoms with Crippen molar-refractivity contribution >= 4 is 29.3 Å². The predicted molar refractivity (Wildman–Crippen MR) is 100 cm³/mol. The van der Waals surface area contributed by atoms with Crippen molar-refractivity contribution in [2.24, 2.45) is 5.41 Å². The molecule has 6 heteroatoms. The van der Waals surface area contributed by atoms with Crippen LogP contribution in [-0.2, 0) is 9.53 Å². The number of hydrogen-bond donors (Lipinski definition) is 2. The molecule has 0 bridgehead atoms. The van der Waals surface area contributed by atoms with Gasteiger partial charge in [0.1, 0.15) is 0 Å². The van der Waals surface area contributed by atoms with Gasteiger partial charge in [-0.2, -0.15) is 0 Å². The standard InChI is InChI=1S/C19H27ClN2O3/c1-13-10-14(2)12-15(11-13)21-18(24)22-16-6-4-7-19(16,8-5-9-20)17(23)25-3/h10-12,16H,4-9H2,1-3H3,(H2,21,22,24)/t16-,19+/m1/s1. The van der Waals surface area contributed by atoms with Gasteiger partial charge in [0, 0.05) is 17.6 Å². The van der Waals surface area contributed by atoms with Crippen molar-refractivity contribution in [1.29, 1.82) is 0 Å². The average molecular weight is 367 g/mol. The van der Waals surface area contributed by atoms with Gasteiger partial charge in [0.25, 0.3) is 0 Å². The number of nitrogens with one attached hydrogen (secondary N) is 2. The molecule has 2 N–H and O–H groups in total. The fourth-order valence-electron chi connectivity index (χ4n) is 3.89. The maximum atomic E-state index is 12.5. The van der Waals surface area contributed by atoms with Crippen molar-refractivity contribution in [3.63, 3.8) is 0 Å². The van der Waals surface area contributed by atoms with E-state index in [1.54, 1.807) is 0 Å². The van der Waals surface area contributed by atoms with Crippen LogP contribution in [0.5, 0.6) is 0 Å². The molecule has 5 nitrogen and oxygen atoms in total. The van der Waals surface area contributed by atoms with E-state index in [1.165, 1.54) is 7.11 Å². The third-order valence-corrected chi connectivity index (χ3v) is 5.18. The van der Waals surface area contributed by atoms with Gasteiger partial charge in [-0.1, -0.05) is 12.5 Å². The summed E-state index contributed by atoms with van der Waals surface area (Å²) in [6.45, 7) is 3.98. The first-order valence-corrected chi connectivity index (χ1v) is 9.25. The lowest BCUT2D eigenvalue weighted by molar-refractivity contribution is -0.154. The molecule has 1 saturated carbocycles. The number of aryl methyl sites for hydroxylation is 2.